The van der Waals surface area contributed by atoms with E-state index in [4.69, 9.17) is 11.6 Å². The minimum Gasteiger partial charge on any atom is -0.332 e. The number of hydrogen-bond acceptors (Lipinski definition) is 2. The van der Waals surface area contributed by atoms with Crippen LogP contribution >= 0.6 is 11.6 Å². The summed E-state index contributed by atoms with van der Waals surface area (Å²) in [5.41, 5.74) is 3.48. The van der Waals surface area contributed by atoms with Crippen LogP contribution in [0.25, 0.3) is 0 Å². The van der Waals surface area contributed by atoms with E-state index in [1.54, 1.807) is 0 Å². The van der Waals surface area contributed by atoms with Gasteiger partial charge in [0.05, 0.1) is 17.1 Å². The van der Waals surface area contributed by atoms with E-state index in [1.165, 1.54) is 19.2 Å². The van der Waals surface area contributed by atoms with E-state index in [1.807, 2.05) is 32.9 Å². The fourth-order valence-electron chi connectivity index (χ4n) is 2.74. The van der Waals surface area contributed by atoms with Gasteiger partial charge < -0.3 is 10.2 Å². The lowest BCUT2D eigenvalue weighted by atomic mass is 10.1. The van der Waals surface area contributed by atoms with Crippen molar-refractivity contribution in [1.82, 2.24) is 4.90 Å². The van der Waals surface area contributed by atoms with Crippen LogP contribution in [0.5, 0.6) is 0 Å². The van der Waals surface area contributed by atoms with E-state index in [9.17, 15) is 14.0 Å². The van der Waals surface area contributed by atoms with Crippen LogP contribution < -0.4 is 5.32 Å². The molecule has 0 spiro atoms. The van der Waals surface area contributed by atoms with Crippen LogP contribution in [0.3, 0.4) is 0 Å². The molecule has 0 aromatic heterocycles. The second-order valence-corrected chi connectivity index (χ2v) is 6.49. The number of anilines is 1. The highest BCUT2D eigenvalue weighted by Gasteiger charge is 2.21. The maximum absolute atomic E-state index is 13.9. The van der Waals surface area contributed by atoms with Gasteiger partial charge in [-0.2, -0.15) is 0 Å². The highest BCUT2D eigenvalue weighted by atomic mass is 35.5. The molecule has 2 amide bonds. The smallest absolute Gasteiger partial charge is 0.258 e. The van der Waals surface area contributed by atoms with Gasteiger partial charge in [-0.15, -0.1) is 0 Å². The van der Waals surface area contributed by atoms with Gasteiger partial charge in [0.1, 0.15) is 5.82 Å². The topological polar surface area (TPSA) is 49.4 Å². The molecule has 2 aromatic rings. The lowest BCUT2D eigenvalue weighted by molar-refractivity contribution is -0.116. The molecular formula is C19H20ClFN2O2. The molecule has 0 aliphatic rings. The van der Waals surface area contributed by atoms with Crippen LogP contribution in [-0.2, 0) is 4.79 Å². The number of carbonyl (C=O) groups is 2. The van der Waals surface area contributed by atoms with Crippen molar-refractivity contribution in [1.29, 1.82) is 0 Å². The minimum absolute atomic E-state index is 0.0162. The summed E-state index contributed by atoms with van der Waals surface area (Å²) < 4.78 is 13.9. The molecule has 6 heteroatoms. The first-order valence-corrected chi connectivity index (χ1v) is 8.15. The second-order valence-electron chi connectivity index (χ2n) is 6.08. The fourth-order valence-corrected chi connectivity index (χ4v) is 2.98. The molecule has 0 aliphatic heterocycles. The Morgan fingerprint density at radius 3 is 2.32 bits per heavy atom. The van der Waals surface area contributed by atoms with Crippen LogP contribution in [-0.4, -0.2) is 30.3 Å². The van der Waals surface area contributed by atoms with Crippen molar-refractivity contribution in [3.8, 4) is 0 Å². The number of carbonyl (C=O) groups excluding carboxylic acids is 2. The van der Waals surface area contributed by atoms with Crippen molar-refractivity contribution in [2.45, 2.75) is 20.8 Å². The molecule has 0 heterocycles. The molecule has 0 aliphatic carbocycles. The number of halogens is 2. The van der Waals surface area contributed by atoms with Crippen molar-refractivity contribution >= 4 is 29.1 Å². The summed E-state index contributed by atoms with van der Waals surface area (Å²) in [4.78, 5) is 25.8. The zero-order valence-electron chi connectivity index (χ0n) is 14.6. The summed E-state index contributed by atoms with van der Waals surface area (Å²) in [6.07, 6.45) is 0. The van der Waals surface area contributed by atoms with Crippen molar-refractivity contribution in [2.75, 3.05) is 18.9 Å². The Morgan fingerprint density at radius 1 is 1.16 bits per heavy atom. The Kier molecular flexibility index (Phi) is 5.80. The molecule has 0 atom stereocenters. The largest absolute Gasteiger partial charge is 0.332 e. The molecule has 0 saturated carbocycles. The molecule has 2 rings (SSSR count). The van der Waals surface area contributed by atoms with E-state index in [-0.39, 0.29) is 23.0 Å². The van der Waals surface area contributed by atoms with Crippen LogP contribution in [0.15, 0.2) is 30.3 Å². The van der Waals surface area contributed by atoms with Crippen molar-refractivity contribution in [3.63, 3.8) is 0 Å². The van der Waals surface area contributed by atoms with Gasteiger partial charge in [-0.05, 0) is 44.0 Å². The monoisotopic (exact) mass is 362 g/mol. The number of likely N-dealkylation sites (N-methyl/N-ethyl adjacent to an activating group) is 1. The van der Waals surface area contributed by atoms with E-state index < -0.39 is 11.7 Å². The van der Waals surface area contributed by atoms with Gasteiger partial charge in [-0.1, -0.05) is 35.4 Å². The summed E-state index contributed by atoms with van der Waals surface area (Å²) in [7, 11) is 1.43. The number of benzene rings is 2. The van der Waals surface area contributed by atoms with Crippen LogP contribution in [0.2, 0.25) is 5.02 Å². The molecule has 1 N–H and O–H groups in total. The molecular weight excluding hydrogens is 343 g/mol. The summed E-state index contributed by atoms with van der Waals surface area (Å²) in [5.74, 6) is -1.72. The van der Waals surface area contributed by atoms with Gasteiger partial charge in [0, 0.05) is 12.7 Å². The van der Waals surface area contributed by atoms with Crippen LogP contribution in [0.4, 0.5) is 10.1 Å². The van der Waals surface area contributed by atoms with E-state index in [0.29, 0.717) is 0 Å². The third kappa shape index (κ3) is 4.37. The first kappa shape index (κ1) is 18.9. The molecule has 2 aromatic carbocycles. The number of amides is 2. The predicted octanol–water partition coefficient (Wildman–Crippen LogP) is 4.12. The Labute approximate surface area is 151 Å². The van der Waals surface area contributed by atoms with Crippen molar-refractivity contribution in [2.24, 2.45) is 0 Å². The number of aryl methyl sites for hydroxylation is 3. The number of nitrogens with zero attached hydrogens (tertiary/aromatic N) is 1. The Morgan fingerprint density at radius 2 is 1.76 bits per heavy atom. The first-order chi connectivity index (χ1) is 11.7. The summed E-state index contributed by atoms with van der Waals surface area (Å²) >= 11 is 5.90. The molecule has 4 nitrogen and oxygen atoms in total. The van der Waals surface area contributed by atoms with Crippen LogP contribution in [0, 0.1) is 26.6 Å². The van der Waals surface area contributed by atoms with Gasteiger partial charge >= 0.3 is 0 Å². The molecule has 25 heavy (non-hydrogen) atoms. The van der Waals surface area contributed by atoms with Gasteiger partial charge in [0.25, 0.3) is 5.91 Å². The average molecular weight is 363 g/mol. The van der Waals surface area contributed by atoms with Gasteiger partial charge in [-0.3, -0.25) is 9.59 Å². The lowest BCUT2D eigenvalue weighted by Gasteiger charge is -2.19. The Bertz CT molecular complexity index is 793. The molecule has 0 bridgehead atoms. The van der Waals surface area contributed by atoms with Crippen molar-refractivity contribution < 1.29 is 14.0 Å². The van der Waals surface area contributed by atoms with Gasteiger partial charge in [-0.25, -0.2) is 4.39 Å². The summed E-state index contributed by atoms with van der Waals surface area (Å²) in [6.45, 7) is 5.58. The van der Waals surface area contributed by atoms with E-state index in [2.05, 4.69) is 5.32 Å². The number of hydrogen-bond donors (Lipinski definition) is 1. The van der Waals surface area contributed by atoms with Gasteiger partial charge in [0.2, 0.25) is 5.91 Å². The molecule has 0 radical (unpaired) electrons. The Hall–Kier alpha value is -2.40. The van der Waals surface area contributed by atoms with Crippen molar-refractivity contribution in [3.05, 3.63) is 63.4 Å². The number of rotatable bonds is 4. The quantitative estimate of drug-likeness (QED) is 0.889. The second kappa shape index (κ2) is 7.66. The molecule has 0 unspecified atom stereocenters. The zero-order valence-corrected chi connectivity index (χ0v) is 15.4. The van der Waals surface area contributed by atoms with Crippen LogP contribution in [0.1, 0.15) is 27.0 Å². The predicted molar refractivity (Wildman–Crippen MR) is 97.7 cm³/mol. The number of nitrogens with one attached hydrogen (secondary N) is 1. The van der Waals surface area contributed by atoms with E-state index >= 15 is 0 Å². The molecule has 0 fully saturated rings. The fraction of sp³-hybridized carbons (Fsp3) is 0.263. The maximum Gasteiger partial charge on any atom is 0.258 e. The first-order valence-electron chi connectivity index (χ1n) is 7.78. The van der Waals surface area contributed by atoms with Gasteiger partial charge in [0.15, 0.2) is 0 Å². The normalized spacial score (nSPS) is 10.5. The van der Waals surface area contributed by atoms with E-state index in [0.717, 1.165) is 33.3 Å². The maximum atomic E-state index is 13.9. The lowest BCUT2D eigenvalue weighted by Crippen LogP contribution is -2.35. The minimum atomic E-state index is -0.713. The zero-order chi connectivity index (χ0) is 18.7. The SMILES string of the molecule is Cc1cc(C)c(NC(=O)CN(C)C(=O)c2c(F)cccc2Cl)c(C)c1. The standard InChI is InChI=1S/C19H20ClFN2O2/c1-11-8-12(2)18(13(3)9-11)22-16(24)10-23(4)19(25)17-14(20)6-5-7-15(17)21/h5-9H,10H2,1-4H3,(H,22,24). The highest BCUT2D eigenvalue weighted by Crippen LogP contribution is 2.23. The molecule has 132 valence electrons. The Balaban J connectivity index is 2.12. The average Bonchev–Trinajstić information content (AvgIpc) is 2.50. The highest BCUT2D eigenvalue weighted by molar-refractivity contribution is 6.33. The third-order valence-electron chi connectivity index (χ3n) is 3.85. The summed E-state index contributed by atoms with van der Waals surface area (Å²) in [6, 6.07) is 7.95. The summed E-state index contributed by atoms with van der Waals surface area (Å²) in [5, 5.41) is 2.83. The third-order valence-corrected chi connectivity index (χ3v) is 4.16. The molecule has 0 saturated heterocycles.